The van der Waals surface area contributed by atoms with Crippen molar-refractivity contribution in [1.82, 2.24) is 4.90 Å². The van der Waals surface area contributed by atoms with Gasteiger partial charge in [-0.2, -0.15) is 0 Å². The Morgan fingerprint density at radius 1 is 1.61 bits per heavy atom. The van der Waals surface area contributed by atoms with Crippen LogP contribution in [-0.4, -0.2) is 29.3 Å². The molecule has 4 heteroatoms. The number of likely N-dealkylation sites (tertiary alicyclic amines) is 1. The van der Waals surface area contributed by atoms with Gasteiger partial charge < -0.3 is 4.90 Å². The molecule has 0 aromatic carbocycles. The first-order valence-corrected chi connectivity index (χ1v) is 8.12. The molecule has 2 rings (SSSR count). The van der Waals surface area contributed by atoms with Crippen LogP contribution < -0.4 is 0 Å². The summed E-state index contributed by atoms with van der Waals surface area (Å²) >= 11 is 7.33. The zero-order chi connectivity index (χ0) is 13.0. The van der Waals surface area contributed by atoms with Crippen LogP contribution in [0.4, 0.5) is 0 Å². The standard InChI is InChI=1S/C14H20ClNOS/c1-2-11-7-10-18-13(11)14(17)16-9-4-6-12(16)5-3-8-15/h7,10,12H,2-6,8-9H2,1H3. The maximum atomic E-state index is 12.6. The highest BCUT2D eigenvalue weighted by Crippen LogP contribution is 2.27. The Morgan fingerprint density at radius 2 is 2.44 bits per heavy atom. The van der Waals surface area contributed by atoms with Crippen LogP contribution in [0.15, 0.2) is 11.4 Å². The lowest BCUT2D eigenvalue weighted by Gasteiger charge is -2.24. The predicted molar refractivity (Wildman–Crippen MR) is 77.7 cm³/mol. The molecule has 1 fully saturated rings. The summed E-state index contributed by atoms with van der Waals surface area (Å²) in [5, 5.41) is 2.02. The Hall–Kier alpha value is -0.540. The maximum Gasteiger partial charge on any atom is 0.264 e. The van der Waals surface area contributed by atoms with Crippen molar-refractivity contribution in [3.05, 3.63) is 21.9 Å². The number of amides is 1. The molecule has 1 saturated heterocycles. The highest BCUT2D eigenvalue weighted by molar-refractivity contribution is 7.12. The van der Waals surface area contributed by atoms with Crippen LogP contribution in [-0.2, 0) is 6.42 Å². The molecule has 1 aromatic rings. The molecule has 1 amide bonds. The van der Waals surface area contributed by atoms with E-state index in [1.807, 2.05) is 5.38 Å². The van der Waals surface area contributed by atoms with Crippen LogP contribution in [0.2, 0.25) is 0 Å². The second-order valence-corrected chi connectivity index (χ2v) is 6.05. The Balaban J connectivity index is 2.08. The fraction of sp³-hybridized carbons (Fsp3) is 0.643. The summed E-state index contributed by atoms with van der Waals surface area (Å²) in [4.78, 5) is 15.6. The SMILES string of the molecule is CCc1ccsc1C(=O)N1CCCC1CCCCl. The Labute approximate surface area is 118 Å². The van der Waals surface area contributed by atoms with Gasteiger partial charge in [-0.1, -0.05) is 6.92 Å². The van der Waals surface area contributed by atoms with Crippen LogP contribution in [0.5, 0.6) is 0 Å². The summed E-state index contributed by atoms with van der Waals surface area (Å²) in [6, 6.07) is 2.48. The van der Waals surface area contributed by atoms with Gasteiger partial charge in [0.2, 0.25) is 0 Å². The van der Waals surface area contributed by atoms with Crippen molar-refractivity contribution in [2.45, 2.75) is 45.1 Å². The van der Waals surface area contributed by atoms with Crippen LogP contribution in [0.3, 0.4) is 0 Å². The van der Waals surface area contributed by atoms with Crippen LogP contribution in [0, 0.1) is 0 Å². The molecule has 0 aliphatic carbocycles. The van der Waals surface area contributed by atoms with Crippen molar-refractivity contribution in [1.29, 1.82) is 0 Å². The highest BCUT2D eigenvalue weighted by atomic mass is 35.5. The van der Waals surface area contributed by atoms with Crippen molar-refractivity contribution < 1.29 is 4.79 Å². The van der Waals surface area contributed by atoms with Gasteiger partial charge in [-0.15, -0.1) is 22.9 Å². The zero-order valence-electron chi connectivity index (χ0n) is 10.8. The lowest BCUT2D eigenvalue weighted by atomic mass is 10.1. The van der Waals surface area contributed by atoms with E-state index in [9.17, 15) is 4.79 Å². The second-order valence-electron chi connectivity index (χ2n) is 4.75. The Kier molecular flexibility index (Phi) is 5.07. The van der Waals surface area contributed by atoms with Crippen molar-refractivity contribution >= 4 is 28.8 Å². The summed E-state index contributed by atoms with van der Waals surface area (Å²) < 4.78 is 0. The summed E-state index contributed by atoms with van der Waals surface area (Å²) in [7, 11) is 0. The van der Waals surface area contributed by atoms with Crippen molar-refractivity contribution in [2.24, 2.45) is 0 Å². The third-order valence-electron chi connectivity index (χ3n) is 3.63. The van der Waals surface area contributed by atoms with E-state index >= 15 is 0 Å². The van der Waals surface area contributed by atoms with Crippen molar-refractivity contribution in [3.8, 4) is 0 Å². The highest BCUT2D eigenvalue weighted by Gasteiger charge is 2.30. The lowest BCUT2D eigenvalue weighted by Crippen LogP contribution is -2.35. The van der Waals surface area contributed by atoms with E-state index in [1.165, 1.54) is 5.56 Å². The van der Waals surface area contributed by atoms with Gasteiger partial charge in [0.15, 0.2) is 0 Å². The molecular formula is C14H20ClNOS. The van der Waals surface area contributed by atoms with Gasteiger partial charge in [-0.05, 0) is 49.1 Å². The molecule has 1 unspecified atom stereocenters. The van der Waals surface area contributed by atoms with E-state index in [0.29, 0.717) is 11.9 Å². The van der Waals surface area contributed by atoms with E-state index in [0.717, 1.165) is 43.5 Å². The van der Waals surface area contributed by atoms with Crippen LogP contribution >= 0.6 is 22.9 Å². The molecule has 2 heterocycles. The first-order chi connectivity index (χ1) is 8.77. The summed E-state index contributed by atoms with van der Waals surface area (Å²) in [6.45, 7) is 3.01. The van der Waals surface area contributed by atoms with Crippen LogP contribution in [0.25, 0.3) is 0 Å². The molecule has 0 spiro atoms. The number of alkyl halides is 1. The Bertz CT molecular complexity index is 404. The normalized spacial score (nSPS) is 19.4. The van der Waals surface area contributed by atoms with Crippen LogP contribution in [0.1, 0.15) is 47.8 Å². The van der Waals surface area contributed by atoms with Crippen molar-refractivity contribution in [3.63, 3.8) is 0 Å². The summed E-state index contributed by atoms with van der Waals surface area (Å²) in [5.41, 5.74) is 1.19. The molecule has 1 aliphatic heterocycles. The minimum atomic E-state index is 0.235. The number of halogens is 1. The number of carbonyl (C=O) groups excluding carboxylic acids is 1. The topological polar surface area (TPSA) is 20.3 Å². The van der Waals surface area contributed by atoms with E-state index in [4.69, 9.17) is 11.6 Å². The summed E-state index contributed by atoms with van der Waals surface area (Å²) in [6.07, 6.45) is 5.24. The molecule has 0 radical (unpaired) electrons. The molecule has 1 aromatic heterocycles. The average Bonchev–Trinajstić information content (AvgIpc) is 3.03. The van der Waals surface area contributed by atoms with Gasteiger partial charge in [-0.3, -0.25) is 4.79 Å². The number of nitrogens with zero attached hydrogens (tertiary/aromatic N) is 1. The van der Waals surface area contributed by atoms with E-state index in [-0.39, 0.29) is 5.91 Å². The third-order valence-corrected chi connectivity index (χ3v) is 4.84. The molecule has 0 bridgehead atoms. The average molecular weight is 286 g/mol. The number of hydrogen-bond acceptors (Lipinski definition) is 2. The molecular weight excluding hydrogens is 266 g/mol. The fourth-order valence-electron chi connectivity index (χ4n) is 2.65. The van der Waals surface area contributed by atoms with Gasteiger partial charge in [-0.25, -0.2) is 0 Å². The molecule has 1 aliphatic rings. The fourth-order valence-corrected chi connectivity index (χ4v) is 3.75. The Morgan fingerprint density at radius 3 is 3.17 bits per heavy atom. The largest absolute Gasteiger partial charge is 0.335 e. The molecule has 100 valence electrons. The minimum Gasteiger partial charge on any atom is -0.335 e. The summed E-state index contributed by atoms with van der Waals surface area (Å²) in [5.74, 6) is 0.927. The lowest BCUT2D eigenvalue weighted by molar-refractivity contribution is 0.0734. The van der Waals surface area contributed by atoms with Gasteiger partial charge >= 0.3 is 0 Å². The monoisotopic (exact) mass is 285 g/mol. The number of carbonyl (C=O) groups is 1. The molecule has 0 saturated carbocycles. The predicted octanol–water partition coefficient (Wildman–Crippen LogP) is 3.93. The maximum absolute atomic E-state index is 12.6. The third kappa shape index (κ3) is 2.89. The van der Waals surface area contributed by atoms with Gasteiger partial charge in [0.1, 0.15) is 0 Å². The van der Waals surface area contributed by atoms with E-state index < -0.39 is 0 Å². The van der Waals surface area contributed by atoms with Gasteiger partial charge in [0.05, 0.1) is 4.88 Å². The number of aryl methyl sites for hydroxylation is 1. The number of thiophene rings is 1. The van der Waals surface area contributed by atoms with Crippen molar-refractivity contribution in [2.75, 3.05) is 12.4 Å². The first kappa shape index (κ1) is 13.9. The van der Waals surface area contributed by atoms with Gasteiger partial charge in [0, 0.05) is 18.5 Å². The molecule has 0 N–H and O–H groups in total. The van der Waals surface area contributed by atoms with E-state index in [1.54, 1.807) is 11.3 Å². The number of rotatable bonds is 5. The molecule has 1 atom stereocenters. The number of hydrogen-bond donors (Lipinski definition) is 0. The molecule has 18 heavy (non-hydrogen) atoms. The first-order valence-electron chi connectivity index (χ1n) is 6.71. The second kappa shape index (κ2) is 6.58. The minimum absolute atomic E-state index is 0.235. The quantitative estimate of drug-likeness (QED) is 0.751. The van der Waals surface area contributed by atoms with E-state index in [2.05, 4.69) is 17.9 Å². The zero-order valence-corrected chi connectivity index (χ0v) is 12.4. The molecule has 2 nitrogen and oxygen atoms in total. The smallest absolute Gasteiger partial charge is 0.264 e. The van der Waals surface area contributed by atoms with Gasteiger partial charge in [0.25, 0.3) is 5.91 Å².